The number of pyridine rings is 2. The van der Waals surface area contributed by atoms with Gasteiger partial charge in [0.2, 0.25) is 5.91 Å². The van der Waals surface area contributed by atoms with Crippen LogP contribution < -0.4 is 10.2 Å². The van der Waals surface area contributed by atoms with Gasteiger partial charge >= 0.3 is 6.09 Å². The molecule has 224 valence electrons. The van der Waals surface area contributed by atoms with E-state index >= 15 is 0 Å². The minimum absolute atomic E-state index is 0.0699. The van der Waals surface area contributed by atoms with Crippen LogP contribution in [-0.2, 0) is 20.7 Å². The number of rotatable bonds is 5. The summed E-state index contributed by atoms with van der Waals surface area (Å²) in [6.07, 6.45) is 3.58. The van der Waals surface area contributed by atoms with Crippen LogP contribution in [0.15, 0.2) is 48.7 Å². The summed E-state index contributed by atoms with van der Waals surface area (Å²) < 4.78 is 11.5. The van der Waals surface area contributed by atoms with Gasteiger partial charge in [0.25, 0.3) is 0 Å². The monoisotopic (exact) mass is 573 g/mol. The summed E-state index contributed by atoms with van der Waals surface area (Å²) in [5.41, 5.74) is 2.05. The Bertz CT molecular complexity index is 1430. The summed E-state index contributed by atoms with van der Waals surface area (Å²) in [6.45, 7) is 13.8. The number of carbonyl (C=O) groups is 2. The highest BCUT2D eigenvalue weighted by atomic mass is 16.6. The number of nitrogens with zero attached hydrogens (tertiary/aromatic N) is 4. The van der Waals surface area contributed by atoms with Gasteiger partial charge in [-0.1, -0.05) is 18.2 Å². The zero-order chi connectivity index (χ0) is 30.0. The van der Waals surface area contributed by atoms with Gasteiger partial charge < -0.3 is 24.6 Å². The second kappa shape index (κ2) is 12.3. The molecule has 0 bridgehead atoms. The second-order valence-electron chi connectivity index (χ2n) is 12.8. The maximum atomic E-state index is 13.0. The summed E-state index contributed by atoms with van der Waals surface area (Å²) in [6, 6.07) is 14.3. The van der Waals surface area contributed by atoms with Gasteiger partial charge in [-0.25, -0.2) is 9.78 Å². The third kappa shape index (κ3) is 7.37. The molecule has 3 aromatic rings. The van der Waals surface area contributed by atoms with Gasteiger partial charge in [-0.05, 0) is 84.0 Å². The predicted molar refractivity (Wildman–Crippen MR) is 164 cm³/mol. The molecule has 2 fully saturated rings. The van der Waals surface area contributed by atoms with Crippen molar-refractivity contribution in [3.8, 4) is 11.3 Å². The van der Waals surface area contributed by atoms with E-state index in [0.717, 1.165) is 53.8 Å². The first-order valence-electron chi connectivity index (χ1n) is 15.0. The molecule has 1 N–H and O–H groups in total. The summed E-state index contributed by atoms with van der Waals surface area (Å²) >= 11 is 0. The van der Waals surface area contributed by atoms with Gasteiger partial charge in [-0.2, -0.15) is 0 Å². The zero-order valence-electron chi connectivity index (χ0n) is 25.6. The molecule has 4 heterocycles. The Kier molecular flexibility index (Phi) is 8.68. The lowest BCUT2D eigenvalue weighted by molar-refractivity contribution is -0.121. The number of morpholine rings is 1. The Hall–Kier alpha value is -3.72. The van der Waals surface area contributed by atoms with E-state index in [1.165, 1.54) is 0 Å². The number of amides is 2. The summed E-state index contributed by atoms with van der Waals surface area (Å²) in [5, 5.41) is 5.12. The molecule has 9 heteroatoms. The number of hydrogen-bond acceptors (Lipinski definition) is 7. The van der Waals surface area contributed by atoms with Crippen LogP contribution >= 0.6 is 0 Å². The smallest absolute Gasteiger partial charge is 0.410 e. The third-order valence-electron chi connectivity index (χ3n) is 7.77. The number of benzene rings is 1. The third-order valence-corrected chi connectivity index (χ3v) is 7.77. The fraction of sp³-hybridized carbons (Fsp3) is 0.515. The quantitative estimate of drug-likeness (QED) is 0.439. The van der Waals surface area contributed by atoms with E-state index in [2.05, 4.69) is 47.2 Å². The first-order chi connectivity index (χ1) is 19.9. The van der Waals surface area contributed by atoms with Gasteiger partial charge in [0.1, 0.15) is 11.4 Å². The summed E-state index contributed by atoms with van der Waals surface area (Å²) in [4.78, 5) is 39.2. The van der Waals surface area contributed by atoms with Crippen molar-refractivity contribution in [3.63, 3.8) is 0 Å². The molecule has 2 aliphatic heterocycles. The van der Waals surface area contributed by atoms with Crippen LogP contribution in [0.3, 0.4) is 0 Å². The Balaban J connectivity index is 1.26. The molecule has 0 saturated carbocycles. The molecule has 42 heavy (non-hydrogen) atoms. The molecule has 5 rings (SSSR count). The van der Waals surface area contributed by atoms with Gasteiger partial charge in [0.05, 0.1) is 30.0 Å². The van der Waals surface area contributed by atoms with Crippen molar-refractivity contribution in [2.24, 2.45) is 0 Å². The van der Waals surface area contributed by atoms with Crippen molar-refractivity contribution in [2.45, 2.75) is 90.7 Å². The number of anilines is 1. The van der Waals surface area contributed by atoms with Crippen LogP contribution in [0.5, 0.6) is 0 Å². The van der Waals surface area contributed by atoms with Crippen molar-refractivity contribution >= 4 is 28.6 Å². The van der Waals surface area contributed by atoms with Crippen LogP contribution in [0.4, 0.5) is 10.6 Å². The van der Waals surface area contributed by atoms with E-state index in [4.69, 9.17) is 14.5 Å². The Morgan fingerprint density at radius 2 is 1.76 bits per heavy atom. The largest absolute Gasteiger partial charge is 0.444 e. The van der Waals surface area contributed by atoms with E-state index < -0.39 is 5.60 Å². The maximum absolute atomic E-state index is 13.0. The second-order valence-corrected chi connectivity index (χ2v) is 12.8. The molecule has 0 radical (unpaired) electrons. The standard InChI is InChI=1S/C33H43N5O4/c1-21-10-13-27(20-38(21)32(40)42-33(4,5)6)35-31(39)16-28-15-26-14-24(11-12-25(26)17-34-28)29-8-7-9-30(36-29)37-18-22(2)41-23(3)19-37/h7-9,11-12,14-15,17,21-23,27H,10,13,16,18-20H2,1-6H3,(H,35,39)/t21-,22-,23+,27-/m1/s1. The minimum Gasteiger partial charge on any atom is -0.444 e. The molecule has 9 nitrogen and oxygen atoms in total. The number of nitrogens with one attached hydrogen (secondary N) is 1. The number of fused-ring (bicyclic) bond motifs is 1. The van der Waals surface area contributed by atoms with Gasteiger partial charge in [0, 0.05) is 48.9 Å². The molecule has 2 amide bonds. The fourth-order valence-corrected chi connectivity index (χ4v) is 5.81. The summed E-state index contributed by atoms with van der Waals surface area (Å²) in [7, 11) is 0. The Morgan fingerprint density at radius 3 is 2.50 bits per heavy atom. The van der Waals surface area contributed by atoms with Crippen LogP contribution in [0.1, 0.15) is 60.1 Å². The molecular weight excluding hydrogens is 530 g/mol. The lowest BCUT2D eigenvalue weighted by Crippen LogP contribution is -2.54. The van der Waals surface area contributed by atoms with E-state index in [0.29, 0.717) is 12.2 Å². The molecule has 0 spiro atoms. The van der Waals surface area contributed by atoms with Crippen molar-refractivity contribution in [3.05, 3.63) is 54.4 Å². The number of carbonyl (C=O) groups excluding carboxylic acids is 2. The lowest BCUT2D eigenvalue weighted by Gasteiger charge is -2.38. The van der Waals surface area contributed by atoms with Crippen molar-refractivity contribution in [2.75, 3.05) is 24.5 Å². The Labute approximate surface area is 248 Å². The van der Waals surface area contributed by atoms with Gasteiger partial charge in [0.15, 0.2) is 0 Å². The average Bonchev–Trinajstić information content (AvgIpc) is 2.92. The molecule has 2 saturated heterocycles. The van der Waals surface area contributed by atoms with E-state index in [9.17, 15) is 9.59 Å². The first-order valence-corrected chi connectivity index (χ1v) is 15.0. The van der Waals surface area contributed by atoms with Crippen LogP contribution in [0.25, 0.3) is 22.0 Å². The first kappa shape index (κ1) is 29.8. The lowest BCUT2D eigenvalue weighted by atomic mass is 9.99. The fourth-order valence-electron chi connectivity index (χ4n) is 5.81. The molecular formula is C33H43N5O4. The molecule has 0 aliphatic carbocycles. The predicted octanol–water partition coefficient (Wildman–Crippen LogP) is 5.36. The van der Waals surface area contributed by atoms with E-state index in [-0.39, 0.29) is 42.7 Å². The van der Waals surface area contributed by atoms with Crippen LogP contribution in [0.2, 0.25) is 0 Å². The number of ether oxygens (including phenoxy) is 2. The molecule has 0 unspecified atom stereocenters. The maximum Gasteiger partial charge on any atom is 0.410 e. The zero-order valence-corrected chi connectivity index (χ0v) is 25.6. The van der Waals surface area contributed by atoms with Crippen LogP contribution in [-0.4, -0.2) is 76.4 Å². The molecule has 1 aromatic carbocycles. The highest BCUT2D eigenvalue weighted by Gasteiger charge is 2.32. The van der Waals surface area contributed by atoms with E-state index in [1.807, 2.05) is 58.2 Å². The Morgan fingerprint density at radius 1 is 1.00 bits per heavy atom. The highest BCUT2D eigenvalue weighted by molar-refractivity contribution is 5.88. The van der Waals surface area contributed by atoms with E-state index in [1.54, 1.807) is 4.90 Å². The highest BCUT2D eigenvalue weighted by Crippen LogP contribution is 2.27. The SMILES string of the molecule is C[C@@H]1CN(c2cccc(-c3ccc4cnc(CC(=O)N[C@@H]5CC[C@@H](C)N(C(=O)OC(C)(C)C)C5)cc4c3)n2)C[C@H](C)O1. The van der Waals surface area contributed by atoms with Gasteiger partial charge in [-0.15, -0.1) is 0 Å². The normalized spacial score (nSPS) is 23.1. The summed E-state index contributed by atoms with van der Waals surface area (Å²) in [5.74, 6) is 0.842. The molecule has 2 aromatic heterocycles. The number of likely N-dealkylation sites (tertiary alicyclic amines) is 1. The topological polar surface area (TPSA) is 96.9 Å². The molecule has 2 aliphatic rings. The van der Waals surface area contributed by atoms with Crippen LogP contribution in [0, 0.1) is 0 Å². The average molecular weight is 574 g/mol. The van der Waals surface area contributed by atoms with Crippen molar-refractivity contribution in [1.29, 1.82) is 0 Å². The number of piperidine rings is 1. The molecule has 4 atom stereocenters. The number of aromatic nitrogens is 2. The van der Waals surface area contributed by atoms with Crippen molar-refractivity contribution < 1.29 is 19.1 Å². The number of hydrogen-bond donors (Lipinski definition) is 1. The van der Waals surface area contributed by atoms with Crippen molar-refractivity contribution in [1.82, 2.24) is 20.2 Å². The minimum atomic E-state index is -0.562. The van der Waals surface area contributed by atoms with Gasteiger partial charge in [-0.3, -0.25) is 9.78 Å².